The van der Waals surface area contributed by atoms with Gasteiger partial charge in [0.1, 0.15) is 5.02 Å². The molecule has 5 rings (SSSR count). The molecule has 0 atom stereocenters. The van der Waals surface area contributed by atoms with Crippen molar-refractivity contribution >= 4 is 34.1 Å². The zero-order chi connectivity index (χ0) is 23.1. The fourth-order valence-electron chi connectivity index (χ4n) is 4.32. The molecule has 4 aromatic rings. The lowest BCUT2D eigenvalue weighted by Crippen LogP contribution is -2.49. The number of benzene rings is 2. The van der Waals surface area contributed by atoms with Crippen molar-refractivity contribution in [2.24, 2.45) is 0 Å². The first-order valence-corrected chi connectivity index (χ1v) is 11.3. The molecule has 7 nitrogen and oxygen atoms in total. The van der Waals surface area contributed by atoms with E-state index in [0.717, 1.165) is 22.2 Å². The number of anilines is 1. The summed E-state index contributed by atoms with van der Waals surface area (Å²) in [5.74, 6) is 0.0125. The van der Waals surface area contributed by atoms with E-state index in [9.17, 15) is 9.59 Å². The third kappa shape index (κ3) is 3.78. The van der Waals surface area contributed by atoms with Gasteiger partial charge in [-0.2, -0.15) is 9.78 Å². The van der Waals surface area contributed by atoms with Crippen LogP contribution in [0.5, 0.6) is 0 Å². The van der Waals surface area contributed by atoms with Gasteiger partial charge in [0, 0.05) is 48.3 Å². The van der Waals surface area contributed by atoms with Crippen molar-refractivity contribution in [3.05, 3.63) is 86.9 Å². The van der Waals surface area contributed by atoms with Gasteiger partial charge in [0.15, 0.2) is 0 Å². The number of aromatic nitrogens is 3. The minimum Gasteiger partial charge on any atom is -0.365 e. The van der Waals surface area contributed by atoms with Crippen LogP contribution < -0.4 is 10.5 Å². The predicted octanol–water partition coefficient (Wildman–Crippen LogP) is 3.95. The SMILES string of the molecule is Cc1[nH]c2ccc(C(=O)N3CCN(c4cnn(-c5ccccc5)c(=O)c4Cl)CC3)cc2c1C. The number of rotatable bonds is 3. The maximum atomic E-state index is 13.1. The molecule has 1 saturated heterocycles. The van der Waals surface area contributed by atoms with Crippen LogP contribution in [0.4, 0.5) is 5.69 Å². The van der Waals surface area contributed by atoms with Gasteiger partial charge in [-0.1, -0.05) is 29.8 Å². The molecule has 1 aliphatic heterocycles. The molecule has 2 aromatic heterocycles. The van der Waals surface area contributed by atoms with Gasteiger partial charge in [0.2, 0.25) is 0 Å². The van der Waals surface area contributed by atoms with Crippen LogP contribution in [0.15, 0.2) is 59.5 Å². The van der Waals surface area contributed by atoms with Gasteiger partial charge in [-0.05, 0) is 49.7 Å². The molecule has 0 unspecified atom stereocenters. The van der Waals surface area contributed by atoms with Crippen molar-refractivity contribution in [3.63, 3.8) is 0 Å². The van der Waals surface area contributed by atoms with Crippen LogP contribution in [0.2, 0.25) is 5.02 Å². The topological polar surface area (TPSA) is 74.2 Å². The van der Waals surface area contributed by atoms with Gasteiger partial charge in [-0.3, -0.25) is 9.59 Å². The molecule has 1 amide bonds. The van der Waals surface area contributed by atoms with Crippen LogP contribution in [-0.2, 0) is 0 Å². The van der Waals surface area contributed by atoms with Crippen LogP contribution >= 0.6 is 11.6 Å². The standard InChI is InChI=1S/C25H24ClN5O2/c1-16-17(2)28-21-9-8-18(14-20(16)21)24(32)30-12-10-29(11-13-30)22-15-27-31(25(33)23(22)26)19-6-4-3-5-7-19/h3-9,14-15,28H,10-13H2,1-2H3. The van der Waals surface area contributed by atoms with E-state index >= 15 is 0 Å². The minimum absolute atomic E-state index is 0.0125. The Hall–Kier alpha value is -3.58. The van der Waals surface area contributed by atoms with Crippen LogP contribution in [0.1, 0.15) is 21.6 Å². The van der Waals surface area contributed by atoms with Crippen LogP contribution in [0, 0.1) is 13.8 Å². The summed E-state index contributed by atoms with van der Waals surface area (Å²) in [6.07, 6.45) is 1.62. The van der Waals surface area contributed by atoms with Gasteiger partial charge in [-0.15, -0.1) is 0 Å². The molecule has 3 heterocycles. The van der Waals surface area contributed by atoms with Gasteiger partial charge in [0.25, 0.3) is 11.5 Å². The Labute approximate surface area is 196 Å². The molecule has 1 fully saturated rings. The smallest absolute Gasteiger partial charge is 0.292 e. The van der Waals surface area contributed by atoms with E-state index in [0.29, 0.717) is 43.1 Å². The molecule has 0 bridgehead atoms. The highest BCUT2D eigenvalue weighted by Gasteiger charge is 2.25. The summed E-state index contributed by atoms with van der Waals surface area (Å²) in [4.78, 5) is 33.1. The summed E-state index contributed by atoms with van der Waals surface area (Å²) in [7, 11) is 0. The molecule has 0 saturated carbocycles. The van der Waals surface area contributed by atoms with E-state index in [4.69, 9.17) is 11.6 Å². The molecule has 0 radical (unpaired) electrons. The van der Waals surface area contributed by atoms with E-state index in [-0.39, 0.29) is 16.5 Å². The molecule has 33 heavy (non-hydrogen) atoms. The number of para-hydroxylation sites is 1. The Morgan fingerprint density at radius 1 is 1.03 bits per heavy atom. The maximum Gasteiger partial charge on any atom is 0.292 e. The van der Waals surface area contributed by atoms with Gasteiger partial charge in [0.05, 0.1) is 17.6 Å². The lowest BCUT2D eigenvalue weighted by molar-refractivity contribution is 0.0747. The maximum absolute atomic E-state index is 13.1. The fraction of sp³-hybridized carbons (Fsp3) is 0.240. The molecule has 1 N–H and O–H groups in total. The minimum atomic E-state index is -0.357. The van der Waals surface area contributed by atoms with Crippen molar-refractivity contribution in [2.75, 3.05) is 31.1 Å². The third-order valence-corrected chi connectivity index (χ3v) is 6.72. The monoisotopic (exact) mass is 461 g/mol. The highest BCUT2D eigenvalue weighted by molar-refractivity contribution is 6.33. The number of halogens is 1. The van der Waals surface area contributed by atoms with E-state index in [2.05, 4.69) is 17.0 Å². The Morgan fingerprint density at radius 2 is 1.76 bits per heavy atom. The average Bonchev–Trinajstić information content (AvgIpc) is 3.14. The predicted molar refractivity (Wildman–Crippen MR) is 131 cm³/mol. The number of fused-ring (bicyclic) bond motifs is 1. The summed E-state index contributed by atoms with van der Waals surface area (Å²) < 4.78 is 1.30. The normalized spacial score (nSPS) is 14.2. The molecule has 2 aromatic carbocycles. The van der Waals surface area contributed by atoms with E-state index in [1.807, 2.05) is 65.3 Å². The van der Waals surface area contributed by atoms with E-state index < -0.39 is 0 Å². The Kier molecular flexibility index (Phi) is 5.42. The molecule has 0 spiro atoms. The number of amides is 1. The van der Waals surface area contributed by atoms with Crippen molar-refractivity contribution in [1.29, 1.82) is 0 Å². The summed E-state index contributed by atoms with van der Waals surface area (Å²) in [5.41, 5.74) is 4.91. The van der Waals surface area contributed by atoms with E-state index in [1.54, 1.807) is 6.20 Å². The molecule has 8 heteroatoms. The number of hydrogen-bond acceptors (Lipinski definition) is 4. The number of carbonyl (C=O) groups is 1. The average molecular weight is 462 g/mol. The Morgan fingerprint density at radius 3 is 2.48 bits per heavy atom. The quantitative estimate of drug-likeness (QED) is 0.501. The fourth-order valence-corrected chi connectivity index (χ4v) is 4.57. The summed E-state index contributed by atoms with van der Waals surface area (Å²) in [6, 6.07) is 15.0. The van der Waals surface area contributed by atoms with Crippen molar-refractivity contribution in [2.45, 2.75) is 13.8 Å². The third-order valence-electron chi connectivity index (χ3n) is 6.36. The number of hydrogen-bond donors (Lipinski definition) is 1. The second-order valence-electron chi connectivity index (χ2n) is 8.31. The van der Waals surface area contributed by atoms with Gasteiger partial charge < -0.3 is 14.8 Å². The number of aromatic amines is 1. The van der Waals surface area contributed by atoms with Crippen molar-refractivity contribution in [1.82, 2.24) is 19.7 Å². The Bertz CT molecular complexity index is 1400. The first-order valence-electron chi connectivity index (χ1n) is 10.9. The zero-order valence-electron chi connectivity index (χ0n) is 18.5. The molecule has 0 aliphatic carbocycles. The number of piperazine rings is 1. The summed E-state index contributed by atoms with van der Waals surface area (Å²) in [5, 5.41) is 5.53. The lowest BCUT2D eigenvalue weighted by atomic mass is 10.1. The largest absolute Gasteiger partial charge is 0.365 e. The highest BCUT2D eigenvalue weighted by Crippen LogP contribution is 2.25. The first-order chi connectivity index (χ1) is 15.9. The zero-order valence-corrected chi connectivity index (χ0v) is 19.3. The van der Waals surface area contributed by atoms with Crippen molar-refractivity contribution < 1.29 is 4.79 Å². The Balaban J connectivity index is 1.32. The lowest BCUT2D eigenvalue weighted by Gasteiger charge is -2.36. The second-order valence-corrected chi connectivity index (χ2v) is 8.69. The summed E-state index contributed by atoms with van der Waals surface area (Å²) in [6.45, 7) is 6.33. The molecular formula is C25H24ClN5O2. The van der Waals surface area contributed by atoms with Crippen LogP contribution in [-0.4, -0.2) is 51.8 Å². The molecule has 168 valence electrons. The number of nitrogens with one attached hydrogen (secondary N) is 1. The number of H-pyrrole nitrogens is 1. The van der Waals surface area contributed by atoms with Crippen LogP contribution in [0.25, 0.3) is 16.6 Å². The van der Waals surface area contributed by atoms with Gasteiger partial charge in [-0.25, -0.2) is 0 Å². The number of aryl methyl sites for hydroxylation is 2. The van der Waals surface area contributed by atoms with Crippen LogP contribution in [0.3, 0.4) is 0 Å². The van der Waals surface area contributed by atoms with Gasteiger partial charge >= 0.3 is 0 Å². The summed E-state index contributed by atoms with van der Waals surface area (Å²) >= 11 is 6.45. The molecule has 1 aliphatic rings. The number of carbonyl (C=O) groups excluding carboxylic acids is 1. The highest BCUT2D eigenvalue weighted by atomic mass is 35.5. The van der Waals surface area contributed by atoms with Crippen molar-refractivity contribution in [3.8, 4) is 5.69 Å². The first kappa shape index (κ1) is 21.3. The molecular weight excluding hydrogens is 438 g/mol. The number of nitrogens with zero attached hydrogens (tertiary/aromatic N) is 4. The van der Waals surface area contributed by atoms with E-state index in [1.165, 1.54) is 4.68 Å². The second kappa shape index (κ2) is 8.41.